The van der Waals surface area contributed by atoms with Crippen molar-refractivity contribution in [3.8, 4) is 0 Å². The van der Waals surface area contributed by atoms with Gasteiger partial charge in [-0.1, -0.05) is 13.8 Å². The van der Waals surface area contributed by atoms with E-state index in [1.807, 2.05) is 0 Å². The van der Waals surface area contributed by atoms with Crippen LogP contribution < -0.4 is 5.32 Å². The van der Waals surface area contributed by atoms with Crippen LogP contribution in [0.15, 0.2) is 12.4 Å². The molecule has 3 rings (SSSR count). The lowest BCUT2D eigenvalue weighted by molar-refractivity contribution is 0.0125. The van der Waals surface area contributed by atoms with Gasteiger partial charge in [-0.3, -0.25) is 0 Å². The fraction of sp³-hybridized carbons (Fsp3) is 0.684. The third kappa shape index (κ3) is 4.88. The Hall–Kier alpha value is -2.45. The Labute approximate surface area is 164 Å². The average Bonchev–Trinajstić information content (AvgIpc) is 2.97. The first-order valence-electron chi connectivity index (χ1n) is 9.70. The maximum atomic E-state index is 14.7. The molecule has 9 heteroatoms. The number of carbonyl (C=O) groups excluding carboxylic acids is 1. The van der Waals surface area contributed by atoms with Crippen LogP contribution in [0.3, 0.4) is 0 Å². The number of imidazole rings is 1. The topological polar surface area (TPSA) is 84.7 Å². The molecule has 1 saturated heterocycles. The summed E-state index contributed by atoms with van der Waals surface area (Å²) < 4.78 is 21.8. The molecule has 8 nitrogen and oxygen atoms in total. The van der Waals surface area contributed by atoms with E-state index in [-0.39, 0.29) is 6.54 Å². The number of anilines is 1. The largest absolute Gasteiger partial charge is 0.444 e. The highest BCUT2D eigenvalue weighted by molar-refractivity contribution is 5.68. The fourth-order valence-corrected chi connectivity index (χ4v) is 3.15. The van der Waals surface area contributed by atoms with Crippen molar-refractivity contribution in [3.63, 3.8) is 0 Å². The first-order chi connectivity index (χ1) is 13.1. The second-order valence-electron chi connectivity index (χ2n) is 8.67. The summed E-state index contributed by atoms with van der Waals surface area (Å²) in [4.78, 5) is 22.2. The van der Waals surface area contributed by atoms with Crippen molar-refractivity contribution < 1.29 is 13.9 Å². The number of aromatic nitrogens is 4. The number of piperidine rings is 1. The number of rotatable bonds is 4. The van der Waals surface area contributed by atoms with E-state index < -0.39 is 23.9 Å². The molecule has 0 spiro atoms. The van der Waals surface area contributed by atoms with Gasteiger partial charge in [-0.25, -0.2) is 23.7 Å². The highest BCUT2D eigenvalue weighted by atomic mass is 19.1. The van der Waals surface area contributed by atoms with E-state index in [9.17, 15) is 9.18 Å². The molecule has 1 fully saturated rings. The quantitative estimate of drug-likeness (QED) is 0.861. The Bertz CT molecular complexity index is 831. The third-order valence-corrected chi connectivity index (χ3v) is 4.45. The number of fused-ring (bicyclic) bond motifs is 1. The van der Waals surface area contributed by atoms with Crippen LogP contribution in [0.5, 0.6) is 0 Å². The fourth-order valence-electron chi connectivity index (χ4n) is 3.15. The highest BCUT2D eigenvalue weighted by Gasteiger charge is 2.34. The molecule has 3 heterocycles. The van der Waals surface area contributed by atoms with Crippen molar-refractivity contribution in [3.05, 3.63) is 18.2 Å². The van der Waals surface area contributed by atoms with E-state index in [2.05, 4.69) is 34.2 Å². The molecule has 154 valence electrons. The molecule has 0 radical (unpaired) electrons. The zero-order valence-corrected chi connectivity index (χ0v) is 17.1. The summed E-state index contributed by atoms with van der Waals surface area (Å²) in [5.41, 5.74) is 0.206. The van der Waals surface area contributed by atoms with Gasteiger partial charge in [0.25, 0.3) is 0 Å². The van der Waals surface area contributed by atoms with Crippen molar-refractivity contribution >= 4 is 17.6 Å². The minimum absolute atomic E-state index is 0.0154. The molecule has 1 N–H and O–H groups in total. The van der Waals surface area contributed by atoms with Crippen molar-refractivity contribution in [1.29, 1.82) is 0 Å². The summed E-state index contributed by atoms with van der Waals surface area (Å²) in [6, 6.07) is -0.465. The van der Waals surface area contributed by atoms with Gasteiger partial charge in [-0.2, -0.15) is 0 Å². The maximum absolute atomic E-state index is 14.7. The van der Waals surface area contributed by atoms with Crippen molar-refractivity contribution in [2.24, 2.45) is 5.92 Å². The molecule has 28 heavy (non-hydrogen) atoms. The Morgan fingerprint density at radius 2 is 2.07 bits per heavy atom. The second-order valence-corrected chi connectivity index (χ2v) is 8.67. The number of nitrogens with one attached hydrogen (secondary N) is 1. The van der Waals surface area contributed by atoms with E-state index in [0.29, 0.717) is 24.8 Å². The number of nitrogens with zero attached hydrogens (tertiary/aromatic N) is 5. The molecule has 0 saturated carbocycles. The summed E-state index contributed by atoms with van der Waals surface area (Å²) >= 11 is 0. The van der Waals surface area contributed by atoms with Gasteiger partial charge in [0.1, 0.15) is 23.1 Å². The number of halogens is 1. The van der Waals surface area contributed by atoms with Crippen molar-refractivity contribution in [2.75, 3.05) is 18.4 Å². The predicted molar refractivity (Wildman–Crippen MR) is 104 cm³/mol. The van der Waals surface area contributed by atoms with E-state index >= 15 is 0 Å². The number of likely N-dealkylation sites (tertiary alicyclic amines) is 1. The zero-order chi connectivity index (χ0) is 20.5. The molecule has 0 unspecified atom stereocenters. The molecule has 1 amide bonds. The van der Waals surface area contributed by atoms with Gasteiger partial charge >= 0.3 is 6.09 Å². The zero-order valence-electron chi connectivity index (χ0n) is 17.1. The second kappa shape index (κ2) is 7.89. The number of amides is 1. The highest BCUT2D eigenvalue weighted by Crippen LogP contribution is 2.20. The monoisotopic (exact) mass is 392 g/mol. The third-order valence-electron chi connectivity index (χ3n) is 4.45. The molecule has 0 bridgehead atoms. The summed E-state index contributed by atoms with van der Waals surface area (Å²) in [5.74, 6) is 1.66. The summed E-state index contributed by atoms with van der Waals surface area (Å²) in [7, 11) is 0. The smallest absolute Gasteiger partial charge is 0.410 e. The minimum Gasteiger partial charge on any atom is -0.444 e. The Morgan fingerprint density at radius 1 is 1.36 bits per heavy atom. The van der Waals surface area contributed by atoms with Gasteiger partial charge in [0.2, 0.25) is 5.95 Å². The Balaban J connectivity index is 1.65. The van der Waals surface area contributed by atoms with Crippen molar-refractivity contribution in [1.82, 2.24) is 24.5 Å². The van der Waals surface area contributed by atoms with Gasteiger partial charge < -0.3 is 15.0 Å². The summed E-state index contributed by atoms with van der Waals surface area (Å²) in [6.07, 6.45) is 2.94. The van der Waals surface area contributed by atoms with Crippen molar-refractivity contribution in [2.45, 2.75) is 65.3 Å². The predicted octanol–water partition coefficient (Wildman–Crippen LogP) is 3.08. The molecule has 2 aromatic heterocycles. The molecule has 2 atom stereocenters. The number of hydrogen-bond donors (Lipinski definition) is 1. The van der Waals surface area contributed by atoms with Crippen LogP contribution in [0.25, 0.3) is 5.52 Å². The van der Waals surface area contributed by atoms with E-state index in [1.165, 1.54) is 4.90 Å². The number of ether oxygens (including phenoxy) is 1. The summed E-state index contributed by atoms with van der Waals surface area (Å²) in [5, 5.41) is 7.56. The van der Waals surface area contributed by atoms with Crippen LogP contribution in [0.4, 0.5) is 15.1 Å². The van der Waals surface area contributed by atoms with Crippen LogP contribution in [0.2, 0.25) is 0 Å². The number of carbonyl (C=O) groups is 1. The minimum atomic E-state index is -1.24. The van der Waals surface area contributed by atoms with Crippen LogP contribution in [-0.2, 0) is 11.2 Å². The average molecular weight is 392 g/mol. The lowest BCUT2D eigenvalue weighted by Crippen LogP contribution is -2.51. The van der Waals surface area contributed by atoms with Gasteiger partial charge in [-0.15, -0.1) is 5.10 Å². The van der Waals surface area contributed by atoms with Crippen LogP contribution in [-0.4, -0.2) is 61.5 Å². The van der Waals surface area contributed by atoms with E-state index in [1.54, 1.807) is 37.7 Å². The lowest BCUT2D eigenvalue weighted by atomic mass is 10.0. The lowest BCUT2D eigenvalue weighted by Gasteiger charge is -2.35. The van der Waals surface area contributed by atoms with E-state index in [0.717, 1.165) is 17.8 Å². The van der Waals surface area contributed by atoms with Gasteiger partial charge in [0, 0.05) is 13.0 Å². The molecule has 1 aliphatic heterocycles. The van der Waals surface area contributed by atoms with Crippen LogP contribution in [0.1, 0.15) is 46.9 Å². The normalized spacial score (nSPS) is 20.6. The van der Waals surface area contributed by atoms with E-state index in [4.69, 9.17) is 4.74 Å². The first-order valence-corrected chi connectivity index (χ1v) is 9.70. The number of alkyl halides is 1. The van der Waals surface area contributed by atoms with Crippen LogP contribution >= 0.6 is 0 Å². The summed E-state index contributed by atoms with van der Waals surface area (Å²) in [6.45, 7) is 10.0. The standard InChI is InChI=1S/C19H29FN6O2/c1-12(2)8-16-21-9-13-10-22-17(24-26(13)16)23-15-6-7-25(11-14(15)20)18(27)28-19(3,4)5/h9-10,12,14-15H,6-8,11H2,1-5H3,(H,23,24)/t14-,15+/m0/s1. The SMILES string of the molecule is CC(C)Cc1ncc2cnc(N[C@@H]3CCN(C(=O)OC(C)(C)C)C[C@@H]3F)nn12. The molecule has 1 aliphatic rings. The molecule has 0 aliphatic carbocycles. The maximum Gasteiger partial charge on any atom is 0.410 e. The van der Waals surface area contributed by atoms with Gasteiger partial charge in [0.05, 0.1) is 25.0 Å². The Morgan fingerprint density at radius 3 is 2.71 bits per heavy atom. The molecule has 2 aromatic rings. The number of hydrogen-bond acceptors (Lipinski definition) is 6. The first kappa shape index (κ1) is 20.3. The van der Waals surface area contributed by atoms with Crippen LogP contribution in [0, 0.1) is 5.92 Å². The molecular weight excluding hydrogens is 363 g/mol. The Kier molecular flexibility index (Phi) is 5.71. The molecular formula is C19H29FN6O2. The van der Waals surface area contributed by atoms with Gasteiger partial charge in [0.15, 0.2) is 0 Å². The van der Waals surface area contributed by atoms with Gasteiger partial charge in [-0.05, 0) is 33.1 Å². The molecule has 0 aromatic carbocycles.